The Morgan fingerprint density at radius 1 is 0.435 bits per heavy atom. The van der Waals surface area contributed by atoms with Gasteiger partial charge in [-0.05, 0) is 101 Å². The number of hydrogen-bond acceptors (Lipinski definition) is 1. The summed E-state index contributed by atoms with van der Waals surface area (Å²) < 4.78 is 0. The van der Waals surface area contributed by atoms with E-state index in [1.54, 1.807) is 0 Å². The van der Waals surface area contributed by atoms with Crippen LogP contribution in [0.15, 0.2) is 223 Å². The normalized spacial score (nSPS) is 14.5. The van der Waals surface area contributed by atoms with E-state index in [9.17, 15) is 0 Å². The minimum Gasteiger partial charge on any atom is -0.383 e. The number of aliphatic imine (C=N–C) groups is 1. The van der Waals surface area contributed by atoms with Crippen molar-refractivity contribution < 1.29 is 0 Å². The minimum absolute atomic E-state index is 0.122. The molecule has 1 spiro atoms. The van der Waals surface area contributed by atoms with Crippen LogP contribution in [0.25, 0.3) is 49.9 Å². The molecule has 11 rings (SSSR count). The highest BCUT2D eigenvalue weighted by molar-refractivity contribution is 6.06. The number of rotatable bonds is 7. The summed E-state index contributed by atoms with van der Waals surface area (Å²) in [6.07, 6.45) is 2.93. The van der Waals surface area contributed by atoms with Crippen molar-refractivity contribution in [3.05, 3.63) is 268 Å². The maximum atomic E-state index is 6.75. The van der Waals surface area contributed by atoms with Gasteiger partial charge in [-0.2, -0.15) is 0 Å². The molecule has 62 heavy (non-hydrogen) atoms. The van der Waals surface area contributed by atoms with E-state index >= 15 is 0 Å². The molecule has 0 heterocycles. The van der Waals surface area contributed by atoms with Crippen LogP contribution in [0.4, 0.5) is 0 Å². The Kier molecular flexibility index (Phi) is 8.98. The summed E-state index contributed by atoms with van der Waals surface area (Å²) in [6, 6.07) is 77.2. The summed E-state index contributed by atoms with van der Waals surface area (Å²) >= 11 is 0. The molecule has 0 saturated heterocycles. The van der Waals surface area contributed by atoms with E-state index < -0.39 is 5.41 Å². The molecule has 0 aliphatic heterocycles. The first-order valence-corrected chi connectivity index (χ1v) is 21.6. The van der Waals surface area contributed by atoms with Crippen molar-refractivity contribution in [1.29, 1.82) is 0 Å². The first-order valence-electron chi connectivity index (χ1n) is 21.6. The molecule has 0 bridgehead atoms. The van der Waals surface area contributed by atoms with E-state index in [1.165, 1.54) is 77.5 Å². The Bertz CT molecular complexity index is 3180. The molecule has 0 fully saturated rings. The largest absolute Gasteiger partial charge is 0.383 e. The molecule has 0 aromatic heterocycles. The quantitative estimate of drug-likeness (QED) is 0.127. The molecule has 0 unspecified atom stereocenters. The predicted octanol–water partition coefficient (Wildman–Crippen LogP) is 14.2. The molecule has 2 aliphatic carbocycles. The number of amidine groups is 1. The monoisotopic (exact) mass is 794 g/mol. The van der Waals surface area contributed by atoms with Gasteiger partial charge in [0, 0.05) is 11.0 Å². The summed E-state index contributed by atoms with van der Waals surface area (Å²) in [7, 11) is 0. The number of nitrogens with zero attached hydrogens (tertiary/aromatic N) is 1. The molecule has 296 valence electrons. The van der Waals surface area contributed by atoms with Gasteiger partial charge in [0.15, 0.2) is 0 Å². The SMILES string of the molecule is CC1(C)c2ccccc2C2(c3ccccc3-c3cc(-c4ccc(-c5ccc(C(N)=N/C(=C\Cc6ccccc6)c6ccccc6)cc5)c5ccccc45)ccc32)c2ccccc21. The third-order valence-electron chi connectivity index (χ3n) is 13.5. The molecule has 2 aliphatic rings. The lowest BCUT2D eigenvalue weighted by Gasteiger charge is -2.46. The summed E-state index contributed by atoms with van der Waals surface area (Å²) in [5, 5.41) is 2.44. The summed E-state index contributed by atoms with van der Waals surface area (Å²) in [5.41, 5.74) is 25.9. The van der Waals surface area contributed by atoms with Crippen LogP contribution < -0.4 is 5.73 Å². The van der Waals surface area contributed by atoms with Gasteiger partial charge in [0.05, 0.1) is 11.1 Å². The van der Waals surface area contributed by atoms with E-state index in [0.717, 1.165) is 28.8 Å². The second kappa shape index (κ2) is 14.9. The van der Waals surface area contributed by atoms with Crippen molar-refractivity contribution in [3.63, 3.8) is 0 Å². The number of allylic oxidation sites excluding steroid dienone is 1. The van der Waals surface area contributed by atoms with Crippen molar-refractivity contribution >= 4 is 22.3 Å². The van der Waals surface area contributed by atoms with Crippen LogP contribution in [0.3, 0.4) is 0 Å². The van der Waals surface area contributed by atoms with Crippen molar-refractivity contribution in [2.45, 2.75) is 31.1 Å². The fraction of sp³-hybridized carbons (Fsp3) is 0.0833. The lowest BCUT2D eigenvalue weighted by atomic mass is 9.55. The third kappa shape index (κ3) is 5.90. The van der Waals surface area contributed by atoms with Gasteiger partial charge >= 0.3 is 0 Å². The smallest absolute Gasteiger partial charge is 0.131 e. The van der Waals surface area contributed by atoms with E-state index in [0.29, 0.717) is 5.84 Å². The molecule has 0 radical (unpaired) electrons. The Balaban J connectivity index is 0.977. The molecular weight excluding hydrogens is 749 g/mol. The van der Waals surface area contributed by atoms with Crippen LogP contribution in [-0.4, -0.2) is 5.84 Å². The average Bonchev–Trinajstić information content (AvgIpc) is 3.62. The van der Waals surface area contributed by atoms with E-state index in [2.05, 4.69) is 208 Å². The highest BCUT2D eigenvalue weighted by Crippen LogP contribution is 2.62. The highest BCUT2D eigenvalue weighted by atomic mass is 14.9. The Labute approximate surface area is 364 Å². The average molecular weight is 795 g/mol. The Hall–Kier alpha value is -7.55. The number of nitrogens with two attached hydrogens (primary N) is 1. The molecule has 0 amide bonds. The van der Waals surface area contributed by atoms with Crippen molar-refractivity contribution in [2.75, 3.05) is 0 Å². The van der Waals surface area contributed by atoms with Gasteiger partial charge < -0.3 is 5.73 Å². The number of benzene rings is 9. The first kappa shape index (κ1) is 37.4. The summed E-state index contributed by atoms with van der Waals surface area (Å²) in [4.78, 5) is 4.98. The van der Waals surface area contributed by atoms with Crippen LogP contribution in [0.2, 0.25) is 0 Å². The van der Waals surface area contributed by atoms with E-state index in [-0.39, 0.29) is 5.41 Å². The van der Waals surface area contributed by atoms with Gasteiger partial charge in [-0.25, -0.2) is 4.99 Å². The van der Waals surface area contributed by atoms with E-state index in [1.807, 2.05) is 24.3 Å². The van der Waals surface area contributed by atoms with Gasteiger partial charge in [0.1, 0.15) is 5.84 Å². The van der Waals surface area contributed by atoms with Crippen molar-refractivity contribution in [1.82, 2.24) is 0 Å². The van der Waals surface area contributed by atoms with Crippen LogP contribution in [-0.2, 0) is 17.3 Å². The van der Waals surface area contributed by atoms with Crippen LogP contribution in [0.1, 0.15) is 63.9 Å². The molecule has 0 atom stereocenters. The van der Waals surface area contributed by atoms with Crippen LogP contribution in [0.5, 0.6) is 0 Å². The molecular formula is C60H46N2. The second-order valence-electron chi connectivity index (χ2n) is 17.2. The first-order chi connectivity index (χ1) is 30.4. The third-order valence-corrected chi connectivity index (χ3v) is 13.5. The zero-order valence-electron chi connectivity index (χ0n) is 35.0. The fourth-order valence-corrected chi connectivity index (χ4v) is 10.5. The molecule has 9 aromatic rings. The minimum atomic E-state index is -0.402. The van der Waals surface area contributed by atoms with Crippen molar-refractivity contribution in [2.24, 2.45) is 10.7 Å². The van der Waals surface area contributed by atoms with E-state index in [4.69, 9.17) is 10.7 Å². The molecule has 2 N–H and O–H groups in total. The lowest BCUT2D eigenvalue weighted by molar-refractivity contribution is 0.563. The molecule has 9 aromatic carbocycles. The Morgan fingerprint density at radius 2 is 0.935 bits per heavy atom. The molecule has 2 nitrogen and oxygen atoms in total. The fourth-order valence-electron chi connectivity index (χ4n) is 10.5. The summed E-state index contributed by atoms with van der Waals surface area (Å²) in [6.45, 7) is 4.76. The molecule has 2 heteroatoms. The standard InChI is InChI=1S/C60H46N2/c1-59(2)53-25-13-15-27-55(53)60(56-28-16-14-26-54(56)59)51-24-12-11-23-49(51)50-39-44(34-37-52(50)60)46-36-35-45(47-21-9-10-22-48(46)47)41-30-32-43(33-31-41)58(61)62-57(42-19-7-4-8-20-42)38-29-40-17-5-3-6-18-40/h3-28,30-39H,29H2,1-2H3,(H2,61,62)/b57-38-. The number of hydrogen-bond donors (Lipinski definition) is 1. The lowest BCUT2D eigenvalue weighted by Crippen LogP contribution is -2.40. The van der Waals surface area contributed by atoms with Crippen LogP contribution >= 0.6 is 0 Å². The maximum Gasteiger partial charge on any atom is 0.131 e. The predicted molar refractivity (Wildman–Crippen MR) is 260 cm³/mol. The van der Waals surface area contributed by atoms with Gasteiger partial charge in [0.2, 0.25) is 0 Å². The van der Waals surface area contributed by atoms with Gasteiger partial charge in [0.25, 0.3) is 0 Å². The Morgan fingerprint density at radius 3 is 1.58 bits per heavy atom. The van der Waals surface area contributed by atoms with Crippen molar-refractivity contribution in [3.8, 4) is 33.4 Å². The van der Waals surface area contributed by atoms with Gasteiger partial charge in [-0.1, -0.05) is 226 Å². The molecule has 0 saturated carbocycles. The zero-order valence-corrected chi connectivity index (χ0v) is 35.0. The number of fused-ring (bicyclic) bond motifs is 10. The zero-order chi connectivity index (χ0) is 41.8. The van der Waals surface area contributed by atoms with Crippen LogP contribution in [0, 0.1) is 0 Å². The highest BCUT2D eigenvalue weighted by Gasteiger charge is 2.53. The summed E-state index contributed by atoms with van der Waals surface area (Å²) in [5.74, 6) is 0.490. The van der Waals surface area contributed by atoms with Gasteiger partial charge in [-0.3, -0.25) is 0 Å². The van der Waals surface area contributed by atoms with Gasteiger partial charge in [-0.15, -0.1) is 0 Å². The second-order valence-corrected chi connectivity index (χ2v) is 17.2. The maximum absolute atomic E-state index is 6.75. The topological polar surface area (TPSA) is 38.4 Å².